The molecule has 0 bridgehead atoms. The number of aryl methyl sites for hydroxylation is 1. The molecule has 0 saturated carbocycles. The van der Waals surface area contributed by atoms with Crippen LogP contribution in [0.3, 0.4) is 0 Å². The molecule has 0 radical (unpaired) electrons. The normalized spacial score (nSPS) is 10.8. The molecule has 1 aromatic heterocycles. The first-order valence-electron chi connectivity index (χ1n) is 7.71. The Balaban J connectivity index is 1.65. The molecule has 0 N–H and O–H groups in total. The number of hydrogen-bond acceptors (Lipinski definition) is 4. The van der Waals surface area contributed by atoms with Gasteiger partial charge in [0.05, 0.1) is 6.54 Å². The van der Waals surface area contributed by atoms with Crippen molar-refractivity contribution in [1.29, 1.82) is 0 Å². The number of hydrogen-bond donors (Lipinski definition) is 0. The van der Waals surface area contributed by atoms with Crippen molar-refractivity contribution in [3.8, 4) is 17.2 Å². The van der Waals surface area contributed by atoms with Gasteiger partial charge < -0.3 is 9.15 Å². The third-order valence-electron chi connectivity index (χ3n) is 3.58. The van der Waals surface area contributed by atoms with E-state index in [1.165, 1.54) is 34.5 Å². The first kappa shape index (κ1) is 16.0. The van der Waals surface area contributed by atoms with Gasteiger partial charge in [-0.05, 0) is 48.4 Å². The van der Waals surface area contributed by atoms with Crippen LogP contribution in [0.25, 0.3) is 11.5 Å². The molecule has 3 rings (SSSR count). The highest BCUT2D eigenvalue weighted by atomic mass is 19.1. The van der Waals surface area contributed by atoms with Gasteiger partial charge >= 0.3 is 5.76 Å². The molecule has 0 spiro atoms. The van der Waals surface area contributed by atoms with Crippen LogP contribution in [0, 0.1) is 5.82 Å². The van der Waals surface area contributed by atoms with Gasteiger partial charge in [-0.2, -0.15) is 4.68 Å². The maximum absolute atomic E-state index is 12.9. The number of nitrogens with zero attached hydrogens (tertiary/aromatic N) is 2. The summed E-state index contributed by atoms with van der Waals surface area (Å²) in [6.45, 7) is 2.63. The molecule has 0 aliphatic carbocycles. The van der Waals surface area contributed by atoms with E-state index in [1.807, 2.05) is 24.3 Å². The van der Waals surface area contributed by atoms with Crippen LogP contribution in [0.4, 0.5) is 4.39 Å². The molecule has 2 aromatic carbocycles. The Morgan fingerprint density at radius 2 is 2.00 bits per heavy atom. The standard InChI is InChI=1S/C18H17FN2O3/c1-2-13-4-3-5-16(12-13)23-11-10-21-18(22)24-17(20-21)14-6-8-15(19)9-7-14/h3-9,12H,2,10-11H2,1H3. The Labute approximate surface area is 138 Å². The molecule has 0 unspecified atom stereocenters. The average Bonchev–Trinajstić information content (AvgIpc) is 2.97. The van der Waals surface area contributed by atoms with Gasteiger partial charge in [0.2, 0.25) is 5.89 Å². The molecule has 0 saturated heterocycles. The molecular weight excluding hydrogens is 311 g/mol. The van der Waals surface area contributed by atoms with Gasteiger partial charge in [-0.25, -0.2) is 9.18 Å². The van der Waals surface area contributed by atoms with E-state index in [9.17, 15) is 9.18 Å². The minimum atomic E-state index is -0.569. The van der Waals surface area contributed by atoms with Crippen LogP contribution in [0.5, 0.6) is 5.75 Å². The smallest absolute Gasteiger partial charge is 0.437 e. The topological polar surface area (TPSA) is 57.3 Å². The van der Waals surface area contributed by atoms with Crippen LogP contribution in [0.1, 0.15) is 12.5 Å². The summed E-state index contributed by atoms with van der Waals surface area (Å²) in [6, 6.07) is 13.4. The fourth-order valence-corrected chi connectivity index (χ4v) is 2.26. The highest BCUT2D eigenvalue weighted by molar-refractivity contribution is 5.51. The molecule has 0 fully saturated rings. The molecule has 5 nitrogen and oxygen atoms in total. The lowest BCUT2D eigenvalue weighted by Gasteiger charge is -2.06. The van der Waals surface area contributed by atoms with Crippen LogP contribution >= 0.6 is 0 Å². The van der Waals surface area contributed by atoms with Crippen molar-refractivity contribution in [2.24, 2.45) is 0 Å². The molecule has 3 aromatic rings. The number of rotatable bonds is 6. The van der Waals surface area contributed by atoms with Gasteiger partial charge in [-0.3, -0.25) is 0 Å². The van der Waals surface area contributed by atoms with Crippen molar-refractivity contribution < 1.29 is 13.5 Å². The number of benzene rings is 2. The zero-order valence-electron chi connectivity index (χ0n) is 13.2. The summed E-state index contributed by atoms with van der Waals surface area (Å²) < 4.78 is 24.9. The van der Waals surface area contributed by atoms with Gasteiger partial charge in [-0.15, -0.1) is 5.10 Å². The fourth-order valence-electron chi connectivity index (χ4n) is 2.26. The Morgan fingerprint density at radius 1 is 1.21 bits per heavy atom. The van der Waals surface area contributed by atoms with E-state index >= 15 is 0 Å². The summed E-state index contributed by atoms with van der Waals surface area (Å²) >= 11 is 0. The molecule has 0 atom stereocenters. The Bertz CT molecular complexity index is 868. The summed E-state index contributed by atoms with van der Waals surface area (Å²) in [5.74, 6) is -0.0129. The molecule has 24 heavy (non-hydrogen) atoms. The minimum absolute atomic E-state index is 0.160. The predicted molar refractivity (Wildman–Crippen MR) is 87.5 cm³/mol. The van der Waals surface area contributed by atoms with Gasteiger partial charge in [0.15, 0.2) is 0 Å². The van der Waals surface area contributed by atoms with E-state index in [0.717, 1.165) is 12.2 Å². The van der Waals surface area contributed by atoms with Crippen LogP contribution in [-0.2, 0) is 13.0 Å². The van der Waals surface area contributed by atoms with E-state index in [1.54, 1.807) is 0 Å². The molecular formula is C18H17FN2O3. The maximum Gasteiger partial charge on any atom is 0.437 e. The summed E-state index contributed by atoms with van der Waals surface area (Å²) in [5, 5.41) is 4.11. The Kier molecular flexibility index (Phi) is 4.74. The lowest BCUT2D eigenvalue weighted by molar-refractivity contribution is 0.285. The third-order valence-corrected chi connectivity index (χ3v) is 3.58. The van der Waals surface area contributed by atoms with Gasteiger partial charge in [0, 0.05) is 5.56 Å². The number of aromatic nitrogens is 2. The predicted octanol–water partition coefficient (Wildman–Crippen LogP) is 3.28. The molecule has 1 heterocycles. The maximum atomic E-state index is 12.9. The van der Waals surface area contributed by atoms with Gasteiger partial charge in [0.1, 0.15) is 18.2 Å². The van der Waals surface area contributed by atoms with Crippen molar-refractivity contribution in [3.05, 3.63) is 70.5 Å². The van der Waals surface area contributed by atoms with Crippen LogP contribution in [0.2, 0.25) is 0 Å². The lowest BCUT2D eigenvalue weighted by Crippen LogP contribution is -2.20. The molecule has 0 aliphatic heterocycles. The monoisotopic (exact) mass is 328 g/mol. The van der Waals surface area contributed by atoms with Crippen LogP contribution < -0.4 is 10.5 Å². The van der Waals surface area contributed by atoms with Crippen LogP contribution in [0.15, 0.2) is 57.7 Å². The number of halogens is 1. The largest absolute Gasteiger partial charge is 0.492 e. The second-order valence-electron chi connectivity index (χ2n) is 5.25. The first-order valence-corrected chi connectivity index (χ1v) is 7.71. The average molecular weight is 328 g/mol. The second kappa shape index (κ2) is 7.12. The molecule has 0 amide bonds. The third kappa shape index (κ3) is 3.71. The van der Waals surface area contributed by atoms with E-state index < -0.39 is 5.76 Å². The van der Waals surface area contributed by atoms with Crippen molar-refractivity contribution in [2.75, 3.05) is 6.61 Å². The van der Waals surface area contributed by atoms with Crippen molar-refractivity contribution in [2.45, 2.75) is 19.9 Å². The minimum Gasteiger partial charge on any atom is -0.492 e. The summed E-state index contributed by atoms with van der Waals surface area (Å²) in [6.07, 6.45) is 0.932. The van der Waals surface area contributed by atoms with E-state index in [2.05, 4.69) is 12.0 Å². The van der Waals surface area contributed by atoms with E-state index in [0.29, 0.717) is 12.2 Å². The van der Waals surface area contributed by atoms with Crippen LogP contribution in [-0.4, -0.2) is 16.4 Å². The highest BCUT2D eigenvalue weighted by Gasteiger charge is 2.10. The van der Waals surface area contributed by atoms with Crippen molar-refractivity contribution in [3.63, 3.8) is 0 Å². The summed E-state index contributed by atoms with van der Waals surface area (Å²) in [7, 11) is 0. The van der Waals surface area contributed by atoms with Gasteiger partial charge in [-0.1, -0.05) is 19.1 Å². The quantitative estimate of drug-likeness (QED) is 0.697. The molecule has 124 valence electrons. The second-order valence-corrected chi connectivity index (χ2v) is 5.25. The SMILES string of the molecule is CCc1cccc(OCCn2nc(-c3ccc(F)cc3)oc2=O)c1. The zero-order chi connectivity index (χ0) is 16.9. The fraction of sp³-hybridized carbons (Fsp3) is 0.222. The number of ether oxygens (including phenoxy) is 1. The first-order chi connectivity index (χ1) is 11.7. The molecule has 0 aliphatic rings. The van der Waals surface area contributed by atoms with Gasteiger partial charge in [0.25, 0.3) is 0 Å². The van der Waals surface area contributed by atoms with E-state index in [4.69, 9.17) is 9.15 Å². The highest BCUT2D eigenvalue weighted by Crippen LogP contribution is 2.16. The Hall–Kier alpha value is -2.89. The summed E-state index contributed by atoms with van der Waals surface area (Å²) in [5.41, 5.74) is 1.73. The zero-order valence-corrected chi connectivity index (χ0v) is 13.2. The molecule has 6 heteroatoms. The Morgan fingerprint density at radius 3 is 2.75 bits per heavy atom. The summed E-state index contributed by atoms with van der Waals surface area (Å²) in [4.78, 5) is 11.8. The lowest BCUT2D eigenvalue weighted by atomic mass is 10.2. The van der Waals surface area contributed by atoms with Crippen molar-refractivity contribution >= 4 is 0 Å². The van der Waals surface area contributed by atoms with Crippen molar-refractivity contribution in [1.82, 2.24) is 9.78 Å². The van der Waals surface area contributed by atoms with E-state index in [-0.39, 0.29) is 18.3 Å².